The van der Waals surface area contributed by atoms with Gasteiger partial charge in [0.15, 0.2) is 0 Å². The van der Waals surface area contributed by atoms with Crippen LogP contribution < -0.4 is 5.32 Å². The Morgan fingerprint density at radius 3 is 3.00 bits per heavy atom. The van der Waals surface area contributed by atoms with Crippen molar-refractivity contribution in [2.45, 2.75) is 38.8 Å². The molecule has 0 fully saturated rings. The minimum Gasteiger partial charge on any atom is -0.347 e. The van der Waals surface area contributed by atoms with Gasteiger partial charge in [-0.3, -0.25) is 0 Å². The molecule has 2 aromatic rings. The molecule has 102 valence electrons. The van der Waals surface area contributed by atoms with E-state index in [2.05, 4.69) is 59.9 Å². The summed E-state index contributed by atoms with van der Waals surface area (Å²) in [6.45, 7) is 8.16. The zero-order chi connectivity index (χ0) is 13.5. The minimum atomic E-state index is 0.583. The number of nitrogens with zero attached hydrogens (tertiary/aromatic N) is 1. The summed E-state index contributed by atoms with van der Waals surface area (Å²) < 4.78 is 2.34. The molecular weight excluding hydrogens is 232 g/mol. The first-order valence-electron chi connectivity index (χ1n) is 7.19. The third-order valence-electron chi connectivity index (χ3n) is 3.55. The smallest absolute Gasteiger partial charge is 0.0480 e. The molecule has 19 heavy (non-hydrogen) atoms. The highest BCUT2D eigenvalue weighted by Gasteiger charge is 2.01. The van der Waals surface area contributed by atoms with Crippen LogP contribution >= 0.6 is 0 Å². The van der Waals surface area contributed by atoms with Crippen molar-refractivity contribution in [3.63, 3.8) is 0 Å². The lowest BCUT2D eigenvalue weighted by Gasteiger charge is -2.13. The van der Waals surface area contributed by atoms with Crippen LogP contribution in [0.4, 0.5) is 0 Å². The Bertz CT molecular complexity index is 513. The Labute approximate surface area is 116 Å². The topological polar surface area (TPSA) is 17.0 Å². The van der Waals surface area contributed by atoms with Crippen LogP contribution in [0.5, 0.6) is 0 Å². The van der Waals surface area contributed by atoms with E-state index in [0.29, 0.717) is 6.04 Å². The molecule has 0 spiro atoms. The van der Waals surface area contributed by atoms with E-state index in [4.69, 9.17) is 0 Å². The van der Waals surface area contributed by atoms with E-state index in [0.717, 1.165) is 25.9 Å². The second kappa shape index (κ2) is 7.15. The maximum atomic E-state index is 3.76. The first-order chi connectivity index (χ1) is 9.31. The van der Waals surface area contributed by atoms with Gasteiger partial charge >= 0.3 is 0 Å². The highest BCUT2D eigenvalue weighted by atomic mass is 15.0. The van der Waals surface area contributed by atoms with Gasteiger partial charge in [0.25, 0.3) is 0 Å². The van der Waals surface area contributed by atoms with Crippen molar-refractivity contribution >= 4 is 10.9 Å². The summed E-state index contributed by atoms with van der Waals surface area (Å²) in [5.74, 6) is 0. The predicted octanol–water partition coefficient (Wildman–Crippen LogP) is 3.98. The van der Waals surface area contributed by atoms with E-state index in [1.54, 1.807) is 0 Å². The lowest BCUT2D eigenvalue weighted by Crippen LogP contribution is -2.27. The molecule has 0 saturated carbocycles. The normalized spacial score (nSPS) is 12.7. The fourth-order valence-electron chi connectivity index (χ4n) is 2.40. The molecule has 1 aromatic carbocycles. The Morgan fingerprint density at radius 1 is 1.32 bits per heavy atom. The average Bonchev–Trinajstić information content (AvgIpc) is 2.85. The predicted molar refractivity (Wildman–Crippen MR) is 83.5 cm³/mol. The van der Waals surface area contributed by atoms with Gasteiger partial charge in [-0.2, -0.15) is 0 Å². The number of para-hydroxylation sites is 1. The van der Waals surface area contributed by atoms with Crippen LogP contribution in [-0.4, -0.2) is 17.2 Å². The first kappa shape index (κ1) is 13.9. The molecule has 0 saturated heterocycles. The Kier molecular flexibility index (Phi) is 5.22. The van der Waals surface area contributed by atoms with Gasteiger partial charge in [0.1, 0.15) is 0 Å². The van der Waals surface area contributed by atoms with Crippen LogP contribution in [0.25, 0.3) is 10.9 Å². The maximum Gasteiger partial charge on any atom is 0.0480 e. The molecule has 0 aliphatic heterocycles. The van der Waals surface area contributed by atoms with Crippen molar-refractivity contribution in [1.82, 2.24) is 9.88 Å². The van der Waals surface area contributed by atoms with E-state index in [1.807, 2.05) is 6.08 Å². The molecule has 2 nitrogen and oxygen atoms in total. The first-order valence-corrected chi connectivity index (χ1v) is 7.19. The van der Waals surface area contributed by atoms with E-state index in [-0.39, 0.29) is 0 Å². The average molecular weight is 256 g/mol. The number of fused-ring (bicyclic) bond motifs is 1. The number of allylic oxidation sites excluding steroid dienone is 1. The number of benzene rings is 1. The molecule has 1 atom stereocenters. The number of rotatable bonds is 8. The summed E-state index contributed by atoms with van der Waals surface area (Å²) in [7, 11) is 0. The third-order valence-corrected chi connectivity index (χ3v) is 3.55. The van der Waals surface area contributed by atoms with Crippen LogP contribution in [0, 0.1) is 0 Å². The van der Waals surface area contributed by atoms with E-state index in [9.17, 15) is 0 Å². The molecule has 0 bridgehead atoms. The molecule has 1 N–H and O–H groups in total. The standard InChI is InChI=1S/C17H24N2/c1-3-4-8-15(2)18-12-7-13-19-14-11-16-9-5-6-10-17(16)19/h3,5-6,9-11,14-15,18H,1,4,7-8,12-13H2,2H3. The molecule has 1 unspecified atom stereocenters. The van der Waals surface area contributed by atoms with Gasteiger partial charge in [-0.25, -0.2) is 0 Å². The van der Waals surface area contributed by atoms with Gasteiger partial charge in [-0.05, 0) is 50.2 Å². The number of hydrogen-bond acceptors (Lipinski definition) is 1. The van der Waals surface area contributed by atoms with Crippen molar-refractivity contribution in [2.75, 3.05) is 6.54 Å². The Hall–Kier alpha value is -1.54. The molecule has 1 heterocycles. The highest BCUT2D eigenvalue weighted by molar-refractivity contribution is 5.79. The fourth-order valence-corrected chi connectivity index (χ4v) is 2.40. The van der Waals surface area contributed by atoms with E-state index < -0.39 is 0 Å². The summed E-state index contributed by atoms with van der Waals surface area (Å²) in [5, 5.41) is 4.90. The van der Waals surface area contributed by atoms with Gasteiger partial charge in [-0.1, -0.05) is 24.3 Å². The van der Waals surface area contributed by atoms with Gasteiger partial charge in [-0.15, -0.1) is 6.58 Å². The zero-order valence-electron chi connectivity index (χ0n) is 11.8. The number of aryl methyl sites for hydroxylation is 1. The summed E-state index contributed by atoms with van der Waals surface area (Å²) >= 11 is 0. The molecule has 2 rings (SSSR count). The van der Waals surface area contributed by atoms with Crippen LogP contribution in [0.1, 0.15) is 26.2 Å². The lowest BCUT2D eigenvalue weighted by atomic mass is 10.2. The Balaban J connectivity index is 1.75. The number of hydrogen-bond donors (Lipinski definition) is 1. The summed E-state index contributed by atoms with van der Waals surface area (Å²) in [4.78, 5) is 0. The number of aromatic nitrogens is 1. The van der Waals surface area contributed by atoms with E-state index in [1.165, 1.54) is 17.3 Å². The van der Waals surface area contributed by atoms with Gasteiger partial charge < -0.3 is 9.88 Å². The molecule has 0 aliphatic carbocycles. The fraction of sp³-hybridized carbons (Fsp3) is 0.412. The molecule has 0 aliphatic rings. The van der Waals surface area contributed by atoms with Crippen LogP contribution in [-0.2, 0) is 6.54 Å². The van der Waals surface area contributed by atoms with Crippen molar-refractivity contribution in [1.29, 1.82) is 0 Å². The monoisotopic (exact) mass is 256 g/mol. The molecule has 2 heteroatoms. The molecule has 0 amide bonds. The molecule has 0 radical (unpaired) electrons. The van der Waals surface area contributed by atoms with Gasteiger partial charge in [0, 0.05) is 24.3 Å². The minimum absolute atomic E-state index is 0.583. The second-order valence-corrected chi connectivity index (χ2v) is 5.14. The SMILES string of the molecule is C=CCCC(C)NCCCn1ccc2ccccc21. The molecular formula is C17H24N2. The van der Waals surface area contributed by atoms with Crippen LogP contribution in [0.2, 0.25) is 0 Å². The summed E-state index contributed by atoms with van der Waals surface area (Å²) in [6.07, 6.45) is 7.61. The summed E-state index contributed by atoms with van der Waals surface area (Å²) in [5.41, 5.74) is 1.34. The van der Waals surface area contributed by atoms with Crippen molar-refractivity contribution in [3.8, 4) is 0 Å². The lowest BCUT2D eigenvalue weighted by molar-refractivity contribution is 0.494. The summed E-state index contributed by atoms with van der Waals surface area (Å²) in [6, 6.07) is 11.3. The third kappa shape index (κ3) is 3.97. The van der Waals surface area contributed by atoms with Crippen molar-refractivity contribution < 1.29 is 0 Å². The van der Waals surface area contributed by atoms with Gasteiger partial charge in [0.05, 0.1) is 0 Å². The van der Waals surface area contributed by atoms with Crippen LogP contribution in [0.15, 0.2) is 49.2 Å². The maximum absolute atomic E-state index is 3.76. The van der Waals surface area contributed by atoms with Crippen LogP contribution in [0.3, 0.4) is 0 Å². The van der Waals surface area contributed by atoms with Gasteiger partial charge in [0.2, 0.25) is 0 Å². The van der Waals surface area contributed by atoms with E-state index >= 15 is 0 Å². The Morgan fingerprint density at radius 2 is 2.16 bits per heavy atom. The number of nitrogens with one attached hydrogen (secondary N) is 1. The largest absolute Gasteiger partial charge is 0.347 e. The second-order valence-electron chi connectivity index (χ2n) is 5.14. The highest BCUT2D eigenvalue weighted by Crippen LogP contribution is 2.15. The zero-order valence-corrected chi connectivity index (χ0v) is 11.8. The van der Waals surface area contributed by atoms with Crippen molar-refractivity contribution in [2.24, 2.45) is 0 Å². The quantitative estimate of drug-likeness (QED) is 0.558. The molecule has 1 aromatic heterocycles. The van der Waals surface area contributed by atoms with Crippen molar-refractivity contribution in [3.05, 3.63) is 49.2 Å².